The zero-order valence-electron chi connectivity index (χ0n) is 9.82. The fourth-order valence-corrected chi connectivity index (χ4v) is 4.17. The van der Waals surface area contributed by atoms with E-state index in [4.69, 9.17) is 0 Å². The van der Waals surface area contributed by atoms with Crippen LogP contribution < -0.4 is 5.56 Å². The summed E-state index contributed by atoms with van der Waals surface area (Å²) < 4.78 is 22.9. The number of aryl methyl sites for hydroxylation is 2. The standard InChI is InChI=1S/C11H12N2O3S2/c1-18(15,16)11-12-9(14)8-6-4-2-3-5-7(6)17-10(8)13-11/h2-5H2,1H3,(H,12,13,14). The normalized spacial score (nSPS) is 15.8. The lowest BCUT2D eigenvalue weighted by atomic mass is 9.97. The lowest BCUT2D eigenvalue weighted by molar-refractivity contribution is 0.593. The second-order valence-corrected chi connectivity index (χ2v) is 7.55. The molecule has 18 heavy (non-hydrogen) atoms. The number of fused-ring (bicyclic) bond motifs is 3. The fourth-order valence-electron chi connectivity index (χ4n) is 2.32. The molecule has 0 spiro atoms. The third-order valence-corrected chi connectivity index (χ3v) is 5.24. The van der Waals surface area contributed by atoms with Crippen molar-refractivity contribution in [3.05, 3.63) is 20.8 Å². The van der Waals surface area contributed by atoms with Crippen molar-refractivity contribution in [1.29, 1.82) is 0 Å². The van der Waals surface area contributed by atoms with Crippen molar-refractivity contribution in [2.45, 2.75) is 30.8 Å². The number of sulfone groups is 1. The molecule has 0 aromatic carbocycles. The van der Waals surface area contributed by atoms with E-state index in [2.05, 4.69) is 9.97 Å². The van der Waals surface area contributed by atoms with E-state index in [1.165, 1.54) is 16.2 Å². The van der Waals surface area contributed by atoms with Gasteiger partial charge in [0.15, 0.2) is 0 Å². The number of rotatable bonds is 1. The largest absolute Gasteiger partial charge is 0.297 e. The molecule has 0 saturated carbocycles. The van der Waals surface area contributed by atoms with E-state index in [0.29, 0.717) is 10.2 Å². The van der Waals surface area contributed by atoms with Crippen LogP contribution in [-0.2, 0) is 22.7 Å². The summed E-state index contributed by atoms with van der Waals surface area (Å²) >= 11 is 1.45. The Bertz CT molecular complexity index is 786. The van der Waals surface area contributed by atoms with Gasteiger partial charge in [0, 0.05) is 11.1 Å². The monoisotopic (exact) mass is 284 g/mol. The Morgan fingerprint density at radius 1 is 1.28 bits per heavy atom. The van der Waals surface area contributed by atoms with E-state index in [1.54, 1.807) is 0 Å². The fraction of sp³-hybridized carbons (Fsp3) is 0.455. The molecule has 96 valence electrons. The molecule has 1 aliphatic carbocycles. The number of nitrogens with one attached hydrogen (secondary N) is 1. The Labute approximate surface area is 108 Å². The average Bonchev–Trinajstić information content (AvgIpc) is 2.66. The Balaban J connectivity index is 2.37. The number of aromatic amines is 1. The Hall–Kier alpha value is -1.21. The van der Waals surface area contributed by atoms with Crippen LogP contribution in [0.4, 0.5) is 0 Å². The van der Waals surface area contributed by atoms with Crippen molar-refractivity contribution in [1.82, 2.24) is 9.97 Å². The molecule has 5 nitrogen and oxygen atoms in total. The summed E-state index contributed by atoms with van der Waals surface area (Å²) in [4.78, 5) is 20.2. The van der Waals surface area contributed by atoms with Crippen molar-refractivity contribution in [3.8, 4) is 0 Å². The molecule has 2 aromatic rings. The topological polar surface area (TPSA) is 79.9 Å². The van der Waals surface area contributed by atoms with Crippen molar-refractivity contribution < 1.29 is 8.42 Å². The van der Waals surface area contributed by atoms with Crippen LogP contribution in [0.25, 0.3) is 10.2 Å². The van der Waals surface area contributed by atoms with Crippen LogP contribution in [0.3, 0.4) is 0 Å². The van der Waals surface area contributed by atoms with Gasteiger partial charge in [0.2, 0.25) is 15.0 Å². The molecule has 0 aliphatic heterocycles. The van der Waals surface area contributed by atoms with E-state index in [9.17, 15) is 13.2 Å². The maximum atomic E-state index is 12.0. The predicted molar refractivity (Wildman–Crippen MR) is 70.0 cm³/mol. The molecular weight excluding hydrogens is 272 g/mol. The number of hydrogen-bond acceptors (Lipinski definition) is 5. The summed E-state index contributed by atoms with van der Waals surface area (Å²) in [5.74, 6) is 0. The highest BCUT2D eigenvalue weighted by Gasteiger charge is 2.21. The molecule has 0 atom stereocenters. The second-order valence-electron chi connectivity index (χ2n) is 4.53. The molecule has 7 heteroatoms. The Morgan fingerprint density at radius 3 is 2.72 bits per heavy atom. The minimum absolute atomic E-state index is 0.237. The molecule has 0 fully saturated rings. The molecule has 3 rings (SSSR count). The summed E-state index contributed by atoms with van der Waals surface area (Å²) in [5, 5.41) is 0.348. The molecule has 1 N–H and O–H groups in total. The number of hydrogen-bond donors (Lipinski definition) is 1. The summed E-state index contributed by atoms with van der Waals surface area (Å²) in [6.45, 7) is 0. The van der Waals surface area contributed by atoms with Crippen molar-refractivity contribution in [2.24, 2.45) is 0 Å². The molecule has 0 amide bonds. The van der Waals surface area contributed by atoms with E-state index in [-0.39, 0.29) is 10.7 Å². The van der Waals surface area contributed by atoms with Gasteiger partial charge in [-0.1, -0.05) is 0 Å². The summed E-state index contributed by atoms with van der Waals surface area (Å²) in [6, 6.07) is 0. The molecule has 1 aliphatic rings. The Kier molecular flexibility index (Phi) is 2.56. The van der Waals surface area contributed by atoms with Gasteiger partial charge in [-0.2, -0.15) is 0 Å². The molecular formula is C11H12N2O3S2. The zero-order chi connectivity index (χ0) is 12.9. The van der Waals surface area contributed by atoms with Crippen LogP contribution in [0.5, 0.6) is 0 Å². The van der Waals surface area contributed by atoms with Crippen LogP contribution >= 0.6 is 11.3 Å². The first-order chi connectivity index (χ1) is 8.47. The van der Waals surface area contributed by atoms with Gasteiger partial charge in [0.25, 0.3) is 5.56 Å². The van der Waals surface area contributed by atoms with Crippen LogP contribution in [0.2, 0.25) is 0 Å². The first-order valence-electron chi connectivity index (χ1n) is 5.71. The maximum absolute atomic E-state index is 12.0. The van der Waals surface area contributed by atoms with Crippen LogP contribution in [0, 0.1) is 0 Å². The highest BCUT2D eigenvalue weighted by Crippen LogP contribution is 2.33. The number of nitrogens with zero attached hydrogens (tertiary/aromatic N) is 1. The summed E-state index contributed by atoms with van der Waals surface area (Å²) in [7, 11) is -3.48. The van der Waals surface area contributed by atoms with Gasteiger partial charge < -0.3 is 0 Å². The number of thiophene rings is 1. The van der Waals surface area contributed by atoms with Gasteiger partial charge in [0.05, 0.1) is 5.39 Å². The first-order valence-corrected chi connectivity index (χ1v) is 8.42. The van der Waals surface area contributed by atoms with Gasteiger partial charge in [-0.25, -0.2) is 13.4 Å². The van der Waals surface area contributed by atoms with Gasteiger partial charge >= 0.3 is 0 Å². The maximum Gasteiger partial charge on any atom is 0.260 e. The van der Waals surface area contributed by atoms with Gasteiger partial charge in [-0.3, -0.25) is 9.78 Å². The lowest BCUT2D eigenvalue weighted by Crippen LogP contribution is -2.15. The van der Waals surface area contributed by atoms with E-state index in [1.807, 2.05) is 0 Å². The zero-order valence-corrected chi connectivity index (χ0v) is 11.4. The van der Waals surface area contributed by atoms with Crippen molar-refractivity contribution in [3.63, 3.8) is 0 Å². The van der Waals surface area contributed by atoms with E-state index >= 15 is 0 Å². The molecule has 2 aromatic heterocycles. The first kappa shape index (κ1) is 11.9. The van der Waals surface area contributed by atoms with Crippen LogP contribution in [-0.4, -0.2) is 24.6 Å². The molecule has 0 radical (unpaired) electrons. The minimum atomic E-state index is -3.48. The van der Waals surface area contributed by atoms with Gasteiger partial charge in [0.1, 0.15) is 4.83 Å². The SMILES string of the molecule is CS(=O)(=O)c1nc2sc3c(c2c(=O)[nH]1)CCCC3. The van der Waals surface area contributed by atoms with E-state index < -0.39 is 9.84 Å². The summed E-state index contributed by atoms with van der Waals surface area (Å²) in [5.41, 5.74) is 0.731. The van der Waals surface area contributed by atoms with Crippen LogP contribution in [0.1, 0.15) is 23.3 Å². The second kappa shape index (κ2) is 3.89. The van der Waals surface area contributed by atoms with Crippen molar-refractivity contribution >= 4 is 31.4 Å². The number of H-pyrrole nitrogens is 1. The van der Waals surface area contributed by atoms with Crippen molar-refractivity contribution in [2.75, 3.05) is 6.26 Å². The Morgan fingerprint density at radius 2 is 2.00 bits per heavy atom. The molecule has 2 heterocycles. The predicted octanol–water partition coefficient (Wildman–Crippen LogP) is 1.27. The van der Waals surface area contributed by atoms with Gasteiger partial charge in [-0.05, 0) is 31.2 Å². The third kappa shape index (κ3) is 1.78. The average molecular weight is 284 g/mol. The highest BCUT2D eigenvalue weighted by molar-refractivity contribution is 7.90. The third-order valence-electron chi connectivity index (χ3n) is 3.15. The van der Waals surface area contributed by atoms with Gasteiger partial charge in [-0.15, -0.1) is 11.3 Å². The van der Waals surface area contributed by atoms with Crippen LogP contribution in [0.15, 0.2) is 9.95 Å². The molecule has 0 bridgehead atoms. The number of aromatic nitrogens is 2. The summed E-state index contributed by atoms with van der Waals surface area (Å²) in [6.07, 6.45) is 5.09. The minimum Gasteiger partial charge on any atom is -0.297 e. The molecule has 0 unspecified atom stereocenters. The van der Waals surface area contributed by atoms with E-state index in [0.717, 1.165) is 37.5 Å². The highest BCUT2D eigenvalue weighted by atomic mass is 32.2. The lowest BCUT2D eigenvalue weighted by Gasteiger charge is -2.09. The quantitative estimate of drug-likeness (QED) is 0.800. The molecule has 0 saturated heterocycles. The smallest absolute Gasteiger partial charge is 0.260 e.